The Labute approximate surface area is 119 Å². The fourth-order valence-corrected chi connectivity index (χ4v) is 2.57. The van der Waals surface area contributed by atoms with E-state index in [9.17, 15) is 4.79 Å². The van der Waals surface area contributed by atoms with Crippen molar-refractivity contribution in [2.75, 3.05) is 0 Å². The van der Waals surface area contributed by atoms with Crippen LogP contribution >= 0.6 is 11.6 Å². The van der Waals surface area contributed by atoms with Gasteiger partial charge >= 0.3 is 0 Å². The van der Waals surface area contributed by atoms with Crippen molar-refractivity contribution in [2.45, 2.75) is 45.1 Å². The van der Waals surface area contributed by atoms with Crippen LogP contribution in [0.15, 0.2) is 24.3 Å². The Kier molecular flexibility index (Phi) is 5.03. The lowest BCUT2D eigenvalue weighted by atomic mass is 9.95. The predicted molar refractivity (Wildman–Crippen MR) is 80.2 cm³/mol. The number of hydrogen-bond acceptors (Lipinski definition) is 1. The molecule has 1 saturated carbocycles. The summed E-state index contributed by atoms with van der Waals surface area (Å²) in [5.41, 5.74) is 2.00. The monoisotopic (exact) mass is 277 g/mol. The lowest BCUT2D eigenvalue weighted by Crippen LogP contribution is -2.34. The van der Waals surface area contributed by atoms with Crippen molar-refractivity contribution >= 4 is 23.6 Å². The summed E-state index contributed by atoms with van der Waals surface area (Å²) in [6, 6.07) is 6.15. The molecule has 1 aliphatic rings. The largest absolute Gasteiger partial charge is 0.350 e. The van der Waals surface area contributed by atoms with Crippen LogP contribution in [0.25, 0.3) is 6.08 Å². The average Bonchev–Trinajstić information content (AvgIpc) is 2.41. The summed E-state index contributed by atoms with van der Waals surface area (Å²) < 4.78 is 0. The second-order valence-electron chi connectivity index (χ2n) is 5.19. The van der Waals surface area contributed by atoms with Crippen molar-refractivity contribution in [1.82, 2.24) is 5.32 Å². The Morgan fingerprint density at radius 3 is 2.74 bits per heavy atom. The van der Waals surface area contributed by atoms with Crippen LogP contribution in [0.1, 0.15) is 43.2 Å². The molecule has 1 N–H and O–H groups in total. The van der Waals surface area contributed by atoms with E-state index in [0.29, 0.717) is 6.04 Å². The van der Waals surface area contributed by atoms with Crippen LogP contribution in [0.5, 0.6) is 0 Å². The fourth-order valence-electron chi connectivity index (χ4n) is 2.38. The summed E-state index contributed by atoms with van der Waals surface area (Å²) >= 11 is 6.05. The lowest BCUT2D eigenvalue weighted by molar-refractivity contribution is -0.117. The Balaban J connectivity index is 1.90. The van der Waals surface area contributed by atoms with E-state index in [4.69, 9.17) is 11.6 Å². The highest BCUT2D eigenvalue weighted by Gasteiger charge is 2.13. The van der Waals surface area contributed by atoms with E-state index in [-0.39, 0.29) is 5.91 Å². The molecule has 0 aromatic heterocycles. The first-order chi connectivity index (χ1) is 9.15. The highest BCUT2D eigenvalue weighted by atomic mass is 35.5. The maximum absolute atomic E-state index is 11.8. The topological polar surface area (TPSA) is 29.1 Å². The van der Waals surface area contributed by atoms with Crippen LogP contribution in [0.3, 0.4) is 0 Å². The quantitative estimate of drug-likeness (QED) is 0.828. The molecular weight excluding hydrogens is 258 g/mol. The molecule has 0 atom stereocenters. The molecule has 1 amide bonds. The molecule has 0 spiro atoms. The first-order valence-electron chi connectivity index (χ1n) is 6.90. The summed E-state index contributed by atoms with van der Waals surface area (Å²) in [4.78, 5) is 11.8. The standard InChI is InChI=1S/C16H20ClNO/c1-12-7-8-13(11-15(12)17)9-10-16(19)18-14-5-3-2-4-6-14/h7-11,14H,2-6H2,1H3,(H,18,19). The number of carbonyl (C=O) groups excluding carboxylic acids is 1. The minimum absolute atomic E-state index is 0.0106. The van der Waals surface area contributed by atoms with Crippen LogP contribution in [0.4, 0.5) is 0 Å². The predicted octanol–water partition coefficient (Wildman–Crippen LogP) is 4.11. The van der Waals surface area contributed by atoms with E-state index in [1.54, 1.807) is 6.08 Å². The highest BCUT2D eigenvalue weighted by molar-refractivity contribution is 6.31. The molecule has 1 aliphatic carbocycles. The summed E-state index contributed by atoms with van der Waals surface area (Å²) in [5, 5.41) is 3.79. The van der Waals surface area contributed by atoms with Crippen LogP contribution in [0, 0.1) is 6.92 Å². The smallest absolute Gasteiger partial charge is 0.244 e. The average molecular weight is 278 g/mol. The number of nitrogens with one attached hydrogen (secondary N) is 1. The summed E-state index contributed by atoms with van der Waals surface area (Å²) in [7, 11) is 0. The minimum Gasteiger partial charge on any atom is -0.350 e. The van der Waals surface area contributed by atoms with Crippen molar-refractivity contribution < 1.29 is 4.79 Å². The van der Waals surface area contributed by atoms with E-state index in [2.05, 4.69) is 5.32 Å². The van der Waals surface area contributed by atoms with Gasteiger partial charge < -0.3 is 5.32 Å². The number of amides is 1. The Morgan fingerprint density at radius 2 is 2.05 bits per heavy atom. The van der Waals surface area contributed by atoms with Gasteiger partial charge in [0.25, 0.3) is 0 Å². The van der Waals surface area contributed by atoms with Gasteiger partial charge in [-0.25, -0.2) is 0 Å². The van der Waals surface area contributed by atoms with Crippen LogP contribution in [0.2, 0.25) is 5.02 Å². The molecule has 1 aromatic rings. The van der Waals surface area contributed by atoms with Crippen LogP contribution < -0.4 is 5.32 Å². The number of carbonyl (C=O) groups is 1. The van der Waals surface area contributed by atoms with Gasteiger partial charge in [0, 0.05) is 17.1 Å². The molecule has 0 aliphatic heterocycles. The summed E-state index contributed by atoms with van der Waals surface area (Å²) in [5.74, 6) is -0.0106. The van der Waals surface area contributed by atoms with E-state index in [1.807, 2.05) is 31.2 Å². The highest BCUT2D eigenvalue weighted by Crippen LogP contribution is 2.18. The van der Waals surface area contributed by atoms with E-state index in [1.165, 1.54) is 19.3 Å². The van der Waals surface area contributed by atoms with E-state index >= 15 is 0 Å². The van der Waals surface area contributed by atoms with Gasteiger partial charge in [-0.2, -0.15) is 0 Å². The summed E-state index contributed by atoms with van der Waals surface area (Å²) in [6.45, 7) is 1.96. The lowest BCUT2D eigenvalue weighted by Gasteiger charge is -2.21. The molecule has 19 heavy (non-hydrogen) atoms. The second kappa shape index (κ2) is 6.76. The molecule has 0 heterocycles. The van der Waals surface area contributed by atoms with Crippen molar-refractivity contribution in [1.29, 1.82) is 0 Å². The van der Waals surface area contributed by atoms with Gasteiger partial charge in [-0.3, -0.25) is 4.79 Å². The molecule has 2 rings (SSSR count). The number of aryl methyl sites for hydroxylation is 1. The van der Waals surface area contributed by atoms with Crippen molar-refractivity contribution in [3.8, 4) is 0 Å². The third kappa shape index (κ3) is 4.39. The maximum atomic E-state index is 11.8. The number of hydrogen-bond donors (Lipinski definition) is 1. The first kappa shape index (κ1) is 14.1. The Morgan fingerprint density at radius 1 is 1.32 bits per heavy atom. The first-order valence-corrected chi connectivity index (χ1v) is 7.27. The fraction of sp³-hybridized carbons (Fsp3) is 0.438. The molecular formula is C16H20ClNO. The Bertz CT molecular complexity index is 476. The van der Waals surface area contributed by atoms with Crippen molar-refractivity contribution in [3.63, 3.8) is 0 Å². The zero-order chi connectivity index (χ0) is 13.7. The molecule has 0 bridgehead atoms. The molecule has 2 nitrogen and oxygen atoms in total. The SMILES string of the molecule is Cc1ccc(C=CC(=O)NC2CCCCC2)cc1Cl. The van der Waals surface area contributed by atoms with Gasteiger partial charge in [-0.15, -0.1) is 0 Å². The van der Waals surface area contributed by atoms with Crippen molar-refractivity contribution in [2.24, 2.45) is 0 Å². The third-order valence-electron chi connectivity index (χ3n) is 3.57. The van der Waals surface area contributed by atoms with Gasteiger partial charge in [0.05, 0.1) is 0 Å². The van der Waals surface area contributed by atoms with Crippen molar-refractivity contribution in [3.05, 3.63) is 40.4 Å². The van der Waals surface area contributed by atoms with Crippen LogP contribution in [-0.4, -0.2) is 11.9 Å². The molecule has 0 radical (unpaired) electrons. The normalized spacial score (nSPS) is 16.7. The second-order valence-corrected chi connectivity index (χ2v) is 5.59. The minimum atomic E-state index is -0.0106. The summed E-state index contributed by atoms with van der Waals surface area (Å²) in [6.07, 6.45) is 9.36. The van der Waals surface area contributed by atoms with Crippen LogP contribution in [-0.2, 0) is 4.79 Å². The van der Waals surface area contributed by atoms with Gasteiger partial charge in [-0.1, -0.05) is 43.0 Å². The number of halogens is 1. The molecule has 1 aromatic carbocycles. The number of rotatable bonds is 3. The molecule has 0 unspecified atom stereocenters. The van der Waals surface area contributed by atoms with Gasteiger partial charge in [0.1, 0.15) is 0 Å². The molecule has 102 valence electrons. The maximum Gasteiger partial charge on any atom is 0.244 e. The van der Waals surface area contributed by atoms with E-state index < -0.39 is 0 Å². The third-order valence-corrected chi connectivity index (χ3v) is 3.98. The zero-order valence-electron chi connectivity index (χ0n) is 11.3. The van der Waals surface area contributed by atoms with Gasteiger partial charge in [0.15, 0.2) is 0 Å². The van der Waals surface area contributed by atoms with E-state index in [0.717, 1.165) is 29.0 Å². The Hall–Kier alpha value is -1.28. The van der Waals surface area contributed by atoms with Gasteiger partial charge in [-0.05, 0) is 43.0 Å². The molecule has 1 fully saturated rings. The van der Waals surface area contributed by atoms with Gasteiger partial charge in [0.2, 0.25) is 5.91 Å². The molecule has 0 saturated heterocycles. The number of benzene rings is 1. The molecule has 3 heteroatoms. The zero-order valence-corrected chi connectivity index (χ0v) is 12.0.